The zero-order chi connectivity index (χ0) is 28.4. The second-order valence-corrected chi connectivity index (χ2v) is 10.2. The number of hydrogen-bond acceptors (Lipinski definition) is 4. The second kappa shape index (κ2) is 13.0. The minimum atomic E-state index is -4.59. The lowest BCUT2D eigenvalue weighted by molar-refractivity contribution is -0.134. The highest BCUT2D eigenvalue weighted by molar-refractivity contribution is 5.97. The summed E-state index contributed by atoms with van der Waals surface area (Å²) in [5, 5.41) is 0.886. The molecule has 3 N–H and O–H groups in total. The van der Waals surface area contributed by atoms with E-state index in [0.717, 1.165) is 11.9 Å². The van der Waals surface area contributed by atoms with E-state index in [2.05, 4.69) is 16.3 Å². The van der Waals surface area contributed by atoms with Crippen LogP contribution in [0.1, 0.15) is 69.2 Å². The molecule has 0 aliphatic rings. The number of carbonyl (C=O) groups excluding carboxylic acids is 3. The normalized spacial score (nSPS) is 12.1. The van der Waals surface area contributed by atoms with E-state index < -0.39 is 29.1 Å². The largest absolute Gasteiger partial charge is 0.412 e. The monoisotopic (exact) mass is 520 g/mol. The van der Waals surface area contributed by atoms with Crippen LogP contribution in [0.4, 0.5) is 13.2 Å². The van der Waals surface area contributed by atoms with Gasteiger partial charge in [-0.3, -0.25) is 25.2 Å². The molecule has 0 fully saturated rings. The summed E-state index contributed by atoms with van der Waals surface area (Å²) in [6.45, 7) is 11.6. The number of hydrazine groups is 2. The van der Waals surface area contributed by atoms with Crippen LogP contribution in [0.2, 0.25) is 0 Å². The Labute approximate surface area is 216 Å². The highest BCUT2D eigenvalue weighted by Crippen LogP contribution is 2.25. The fraction of sp³-hybridized carbons (Fsp3) is 0.370. The van der Waals surface area contributed by atoms with Crippen molar-refractivity contribution in [3.05, 3.63) is 83.4 Å². The molecule has 0 saturated heterocycles. The molecule has 2 aromatic carbocycles. The van der Waals surface area contributed by atoms with Crippen LogP contribution >= 0.6 is 0 Å². The van der Waals surface area contributed by atoms with Crippen molar-refractivity contribution in [2.75, 3.05) is 0 Å². The summed E-state index contributed by atoms with van der Waals surface area (Å²) in [5.41, 5.74) is 6.83. The molecular weight excluding hydrogens is 485 g/mol. The molecule has 0 unspecified atom stereocenters. The van der Waals surface area contributed by atoms with Gasteiger partial charge >= 0.3 is 6.18 Å². The van der Waals surface area contributed by atoms with Crippen molar-refractivity contribution in [1.29, 1.82) is 0 Å². The van der Waals surface area contributed by atoms with E-state index in [1.165, 1.54) is 12.1 Å². The lowest BCUT2D eigenvalue weighted by Crippen LogP contribution is -2.55. The second-order valence-electron chi connectivity index (χ2n) is 10.2. The summed E-state index contributed by atoms with van der Waals surface area (Å²) in [5.74, 6) is -1.64. The molecule has 3 amide bonds. The molecule has 202 valence electrons. The zero-order valence-corrected chi connectivity index (χ0v) is 22.2. The number of carbonyl (C=O) groups is 3. The highest BCUT2D eigenvalue weighted by atomic mass is 19.4. The molecule has 0 saturated carbocycles. The number of alkyl halides is 3. The van der Waals surface area contributed by atoms with E-state index in [0.29, 0.717) is 17.2 Å². The molecule has 2 aromatic rings. The van der Waals surface area contributed by atoms with E-state index in [1.807, 2.05) is 39.0 Å². The smallest absolute Gasteiger partial charge is 0.287 e. The molecule has 0 radical (unpaired) electrons. The molecule has 0 heterocycles. The molecule has 0 aliphatic carbocycles. The van der Waals surface area contributed by atoms with Gasteiger partial charge in [0.25, 0.3) is 17.7 Å². The molecule has 0 bridgehead atoms. The Morgan fingerprint density at radius 1 is 0.757 bits per heavy atom. The Hall–Kier alpha value is -3.66. The number of rotatable bonds is 4. The topological polar surface area (TPSA) is 90.5 Å². The molecule has 10 heteroatoms. The van der Waals surface area contributed by atoms with E-state index in [9.17, 15) is 27.6 Å². The van der Waals surface area contributed by atoms with Crippen LogP contribution in [0.15, 0.2) is 72.3 Å². The van der Waals surface area contributed by atoms with Crippen LogP contribution < -0.4 is 16.3 Å². The van der Waals surface area contributed by atoms with Crippen LogP contribution in [-0.2, 0) is 4.79 Å². The average molecular weight is 521 g/mol. The summed E-state index contributed by atoms with van der Waals surface area (Å²) < 4.78 is 37.7. The summed E-state index contributed by atoms with van der Waals surface area (Å²) in [7, 11) is 0. The molecule has 0 spiro atoms. The van der Waals surface area contributed by atoms with E-state index in [4.69, 9.17) is 0 Å². The quantitative estimate of drug-likeness (QED) is 0.383. The first-order valence-corrected chi connectivity index (χ1v) is 11.5. The van der Waals surface area contributed by atoms with Crippen LogP contribution in [0.5, 0.6) is 0 Å². The summed E-state index contributed by atoms with van der Waals surface area (Å²) >= 11 is 0. The lowest BCUT2D eigenvalue weighted by atomic mass is 10.1. The minimum absolute atomic E-state index is 0.111. The SMILES string of the molecule is CC(=CC(=O)N(NC(=O)c1ccccc1)C(C)(C)C)C(F)(F)F.CC(C)(C)NNC(=O)c1ccccc1. The van der Waals surface area contributed by atoms with Crippen molar-refractivity contribution in [2.24, 2.45) is 0 Å². The fourth-order valence-electron chi connectivity index (χ4n) is 2.55. The molecular formula is C27H35F3N4O3. The maximum Gasteiger partial charge on any atom is 0.412 e. The third kappa shape index (κ3) is 11.7. The average Bonchev–Trinajstić information content (AvgIpc) is 2.80. The van der Waals surface area contributed by atoms with Gasteiger partial charge < -0.3 is 0 Å². The van der Waals surface area contributed by atoms with Gasteiger partial charge in [0.1, 0.15) is 0 Å². The van der Waals surface area contributed by atoms with E-state index in [1.54, 1.807) is 51.1 Å². The Bertz CT molecular complexity index is 1070. The van der Waals surface area contributed by atoms with Gasteiger partial charge in [0.15, 0.2) is 0 Å². The summed E-state index contributed by atoms with van der Waals surface area (Å²) in [6.07, 6.45) is -4.13. The molecule has 0 aromatic heterocycles. The first-order valence-electron chi connectivity index (χ1n) is 11.5. The van der Waals surface area contributed by atoms with Crippen LogP contribution in [0.3, 0.4) is 0 Å². The lowest BCUT2D eigenvalue weighted by Gasteiger charge is -2.34. The van der Waals surface area contributed by atoms with Crippen LogP contribution in [0.25, 0.3) is 0 Å². The van der Waals surface area contributed by atoms with Gasteiger partial charge in [-0.15, -0.1) is 0 Å². The van der Waals surface area contributed by atoms with E-state index >= 15 is 0 Å². The molecule has 7 nitrogen and oxygen atoms in total. The predicted octanol–water partition coefficient (Wildman–Crippen LogP) is 5.19. The maximum absolute atomic E-state index is 12.6. The molecule has 2 rings (SSSR count). The van der Waals surface area contributed by atoms with Gasteiger partial charge in [0, 0.05) is 28.3 Å². The summed E-state index contributed by atoms with van der Waals surface area (Å²) in [4.78, 5) is 35.8. The van der Waals surface area contributed by atoms with Crippen molar-refractivity contribution in [3.63, 3.8) is 0 Å². The first-order chi connectivity index (χ1) is 16.9. The molecule has 0 aliphatic heterocycles. The molecule has 0 atom stereocenters. The van der Waals surface area contributed by atoms with Gasteiger partial charge in [-0.05, 0) is 72.7 Å². The van der Waals surface area contributed by atoms with Crippen LogP contribution in [0, 0.1) is 0 Å². The van der Waals surface area contributed by atoms with Crippen LogP contribution in [-0.4, -0.2) is 40.0 Å². The Balaban J connectivity index is 0.000000417. The number of nitrogens with zero attached hydrogens (tertiary/aromatic N) is 1. The van der Waals surface area contributed by atoms with Crippen molar-refractivity contribution in [2.45, 2.75) is 65.7 Å². The van der Waals surface area contributed by atoms with Gasteiger partial charge in [-0.25, -0.2) is 10.4 Å². The number of benzene rings is 2. The fourth-order valence-corrected chi connectivity index (χ4v) is 2.55. The van der Waals surface area contributed by atoms with Crippen molar-refractivity contribution < 1.29 is 27.6 Å². The Morgan fingerprint density at radius 3 is 1.57 bits per heavy atom. The van der Waals surface area contributed by atoms with Gasteiger partial charge in [0.2, 0.25) is 0 Å². The predicted molar refractivity (Wildman–Crippen MR) is 137 cm³/mol. The number of nitrogens with one attached hydrogen (secondary N) is 3. The number of hydrogen-bond donors (Lipinski definition) is 3. The first kappa shape index (κ1) is 31.4. The van der Waals surface area contributed by atoms with Crippen molar-refractivity contribution >= 4 is 17.7 Å². The van der Waals surface area contributed by atoms with Crippen molar-refractivity contribution in [1.82, 2.24) is 21.3 Å². The minimum Gasteiger partial charge on any atom is -0.287 e. The number of amides is 3. The summed E-state index contributed by atoms with van der Waals surface area (Å²) in [6, 6.07) is 17.2. The standard InChI is InChI=1S/C16H19F3N2O2.C11H16N2O/c1-11(16(17,18)19)10-13(22)21(15(2,3)4)20-14(23)12-8-6-5-7-9-12;1-11(2,3)13-12-10(14)9-7-5-4-6-8-9/h5-10H,1-4H3,(H,20,23);4-8,13H,1-3H3,(H,12,14). The van der Waals surface area contributed by atoms with E-state index in [-0.39, 0.29) is 11.4 Å². The molecule has 37 heavy (non-hydrogen) atoms. The Morgan fingerprint density at radius 2 is 1.19 bits per heavy atom. The third-order valence-corrected chi connectivity index (χ3v) is 4.51. The van der Waals surface area contributed by atoms with Gasteiger partial charge in [0.05, 0.1) is 5.54 Å². The number of allylic oxidation sites excluding steroid dienone is 1. The third-order valence-electron chi connectivity index (χ3n) is 4.51. The highest BCUT2D eigenvalue weighted by Gasteiger charge is 2.33. The van der Waals surface area contributed by atoms with Gasteiger partial charge in [-0.1, -0.05) is 36.4 Å². The Kier molecular flexibility index (Phi) is 11.1. The number of halogens is 3. The zero-order valence-electron chi connectivity index (χ0n) is 22.2. The van der Waals surface area contributed by atoms with Gasteiger partial charge in [-0.2, -0.15) is 13.2 Å². The van der Waals surface area contributed by atoms with Crippen molar-refractivity contribution in [3.8, 4) is 0 Å². The maximum atomic E-state index is 12.6.